The Hall–Kier alpha value is -2.84. The summed E-state index contributed by atoms with van der Waals surface area (Å²) in [5, 5.41) is 1.09. The highest BCUT2D eigenvalue weighted by Crippen LogP contribution is 2.26. The molecule has 2 aliphatic heterocycles. The van der Waals surface area contributed by atoms with Crippen molar-refractivity contribution >= 4 is 32.6 Å². The number of rotatable bonds is 4. The molecule has 0 saturated carbocycles. The lowest BCUT2D eigenvalue weighted by molar-refractivity contribution is 0.0737. The second-order valence-electron chi connectivity index (χ2n) is 8.79. The molecule has 174 valence electrons. The highest BCUT2D eigenvalue weighted by atomic mass is 32.2. The Morgan fingerprint density at radius 1 is 1.06 bits per heavy atom. The number of anilines is 1. The monoisotopic (exact) mass is 468 g/mol. The summed E-state index contributed by atoms with van der Waals surface area (Å²) in [6, 6.07) is 15.0. The van der Waals surface area contributed by atoms with Gasteiger partial charge < -0.3 is 14.1 Å². The third-order valence-corrected chi connectivity index (χ3v) is 8.32. The standard InChI is InChI=1S/C25H28N2O5S/c28-25(21-6-3-7-22(16-21)27-10-1-2-14-33(27,29)30)26-11-13-31-18-19(17-26)15-20-5-4-8-24-23(20)9-12-32-24/h3-9,12,16,19H,1-2,10-11,13-15,17-18H2. The van der Waals surface area contributed by atoms with Crippen molar-refractivity contribution in [1.29, 1.82) is 0 Å². The van der Waals surface area contributed by atoms with E-state index in [1.807, 2.05) is 23.1 Å². The highest BCUT2D eigenvalue weighted by Gasteiger charge is 2.28. The maximum absolute atomic E-state index is 13.4. The van der Waals surface area contributed by atoms with Gasteiger partial charge in [-0.2, -0.15) is 0 Å². The number of furan rings is 1. The van der Waals surface area contributed by atoms with Crippen LogP contribution in [0.15, 0.2) is 59.2 Å². The van der Waals surface area contributed by atoms with Crippen molar-refractivity contribution < 1.29 is 22.4 Å². The number of ether oxygens (including phenoxy) is 1. The molecule has 8 heteroatoms. The molecule has 1 aromatic heterocycles. The summed E-state index contributed by atoms with van der Waals surface area (Å²) in [6.07, 6.45) is 3.99. The zero-order chi connectivity index (χ0) is 22.8. The molecule has 1 unspecified atom stereocenters. The Labute approximate surface area is 194 Å². The minimum Gasteiger partial charge on any atom is -0.464 e. The average Bonchev–Trinajstić information content (AvgIpc) is 3.18. The lowest BCUT2D eigenvalue weighted by atomic mass is 9.97. The van der Waals surface area contributed by atoms with Gasteiger partial charge in [-0.25, -0.2) is 8.42 Å². The quantitative estimate of drug-likeness (QED) is 0.583. The summed E-state index contributed by atoms with van der Waals surface area (Å²) in [5.41, 5.74) is 3.11. The minimum atomic E-state index is -3.33. The van der Waals surface area contributed by atoms with Crippen molar-refractivity contribution in [1.82, 2.24) is 4.90 Å². The zero-order valence-corrected chi connectivity index (χ0v) is 19.3. The van der Waals surface area contributed by atoms with E-state index in [-0.39, 0.29) is 17.6 Å². The molecule has 2 aliphatic rings. The summed E-state index contributed by atoms with van der Waals surface area (Å²) in [7, 11) is -3.33. The van der Waals surface area contributed by atoms with E-state index >= 15 is 0 Å². The van der Waals surface area contributed by atoms with Crippen LogP contribution in [0.1, 0.15) is 28.8 Å². The van der Waals surface area contributed by atoms with Crippen LogP contribution < -0.4 is 4.31 Å². The van der Waals surface area contributed by atoms with Gasteiger partial charge in [0.15, 0.2) is 0 Å². The van der Waals surface area contributed by atoms with Crippen molar-refractivity contribution in [3.63, 3.8) is 0 Å². The van der Waals surface area contributed by atoms with Crippen molar-refractivity contribution in [2.24, 2.45) is 5.92 Å². The second-order valence-corrected chi connectivity index (χ2v) is 10.8. The maximum atomic E-state index is 13.4. The van der Waals surface area contributed by atoms with Crippen molar-refractivity contribution in [2.75, 3.05) is 42.9 Å². The summed E-state index contributed by atoms with van der Waals surface area (Å²) in [5.74, 6) is 0.214. The van der Waals surface area contributed by atoms with E-state index in [1.54, 1.807) is 30.5 Å². The number of hydrogen-bond donors (Lipinski definition) is 0. The molecule has 33 heavy (non-hydrogen) atoms. The van der Waals surface area contributed by atoms with Crippen LogP contribution in [0.5, 0.6) is 0 Å². The third kappa shape index (κ3) is 4.63. The molecule has 2 fully saturated rings. The number of nitrogens with zero attached hydrogens (tertiary/aromatic N) is 2. The first-order chi connectivity index (χ1) is 16.0. The Balaban J connectivity index is 1.34. The van der Waals surface area contributed by atoms with Gasteiger partial charge in [-0.1, -0.05) is 18.2 Å². The molecule has 0 N–H and O–H groups in total. The van der Waals surface area contributed by atoms with E-state index in [2.05, 4.69) is 6.07 Å². The molecule has 3 heterocycles. The van der Waals surface area contributed by atoms with Crippen LogP contribution in [0.3, 0.4) is 0 Å². The van der Waals surface area contributed by atoms with Crippen LogP contribution in [0.25, 0.3) is 11.0 Å². The van der Waals surface area contributed by atoms with Crippen LogP contribution >= 0.6 is 0 Å². The second kappa shape index (κ2) is 9.19. The topological polar surface area (TPSA) is 80.1 Å². The lowest BCUT2D eigenvalue weighted by Crippen LogP contribution is -2.38. The summed E-state index contributed by atoms with van der Waals surface area (Å²) >= 11 is 0. The molecule has 0 radical (unpaired) electrons. The van der Waals surface area contributed by atoms with Gasteiger partial charge in [0, 0.05) is 36.5 Å². The Bertz CT molecular complexity index is 1250. The average molecular weight is 469 g/mol. The van der Waals surface area contributed by atoms with Gasteiger partial charge in [-0.15, -0.1) is 0 Å². The van der Waals surface area contributed by atoms with Crippen molar-refractivity contribution in [3.05, 3.63) is 65.9 Å². The Morgan fingerprint density at radius 2 is 1.94 bits per heavy atom. The van der Waals surface area contributed by atoms with Crippen molar-refractivity contribution in [3.8, 4) is 0 Å². The van der Waals surface area contributed by atoms with Crippen LogP contribution in [-0.2, 0) is 21.2 Å². The fraction of sp³-hybridized carbons (Fsp3) is 0.400. The van der Waals surface area contributed by atoms with E-state index in [9.17, 15) is 13.2 Å². The number of hydrogen-bond acceptors (Lipinski definition) is 5. The van der Waals surface area contributed by atoms with E-state index < -0.39 is 10.0 Å². The van der Waals surface area contributed by atoms with Gasteiger partial charge in [0.1, 0.15) is 5.58 Å². The largest absolute Gasteiger partial charge is 0.464 e. The number of carbonyl (C=O) groups is 1. The molecule has 0 aliphatic carbocycles. The normalized spacial score (nSPS) is 21.2. The zero-order valence-electron chi connectivity index (χ0n) is 18.5. The SMILES string of the molecule is O=C(c1cccc(N2CCCCS2(=O)=O)c1)N1CCOCC(Cc2cccc3occc23)C1. The Morgan fingerprint density at radius 3 is 2.82 bits per heavy atom. The molecule has 1 amide bonds. The smallest absolute Gasteiger partial charge is 0.254 e. The van der Waals surface area contributed by atoms with Crippen molar-refractivity contribution in [2.45, 2.75) is 19.3 Å². The first-order valence-electron chi connectivity index (χ1n) is 11.4. The number of fused-ring (bicyclic) bond motifs is 1. The van der Waals surface area contributed by atoms with E-state index in [0.717, 1.165) is 23.8 Å². The summed E-state index contributed by atoms with van der Waals surface area (Å²) in [6.45, 7) is 2.62. The van der Waals surface area contributed by atoms with E-state index in [0.29, 0.717) is 50.5 Å². The fourth-order valence-electron chi connectivity index (χ4n) is 4.79. The summed E-state index contributed by atoms with van der Waals surface area (Å²) < 4.78 is 37.8. The molecular formula is C25H28N2O5S. The van der Waals surface area contributed by atoms with Gasteiger partial charge in [-0.3, -0.25) is 9.10 Å². The van der Waals surface area contributed by atoms with E-state index in [4.69, 9.17) is 9.15 Å². The maximum Gasteiger partial charge on any atom is 0.254 e. The van der Waals surface area contributed by atoms with E-state index in [1.165, 1.54) is 9.87 Å². The molecule has 0 bridgehead atoms. The minimum absolute atomic E-state index is 0.0942. The van der Waals surface area contributed by atoms with Crippen LogP contribution in [0.2, 0.25) is 0 Å². The van der Waals surface area contributed by atoms with Gasteiger partial charge >= 0.3 is 0 Å². The predicted molar refractivity (Wildman–Crippen MR) is 127 cm³/mol. The molecule has 3 aromatic rings. The number of amides is 1. The number of benzene rings is 2. The lowest BCUT2D eigenvalue weighted by Gasteiger charge is -2.29. The number of carbonyl (C=O) groups excluding carboxylic acids is 1. The molecule has 1 atom stereocenters. The number of sulfonamides is 1. The molecule has 7 nitrogen and oxygen atoms in total. The van der Waals surface area contributed by atoms with Gasteiger partial charge in [0.2, 0.25) is 10.0 Å². The first-order valence-corrected chi connectivity index (χ1v) is 13.0. The highest BCUT2D eigenvalue weighted by molar-refractivity contribution is 7.92. The summed E-state index contributed by atoms with van der Waals surface area (Å²) in [4.78, 5) is 15.2. The fourth-order valence-corrected chi connectivity index (χ4v) is 6.42. The van der Waals surface area contributed by atoms with Gasteiger partial charge in [0.05, 0.1) is 30.9 Å². The van der Waals surface area contributed by atoms with Gasteiger partial charge in [0.25, 0.3) is 5.91 Å². The van der Waals surface area contributed by atoms with Crippen LogP contribution in [0, 0.1) is 5.92 Å². The molecular weight excluding hydrogens is 440 g/mol. The molecule has 0 spiro atoms. The van der Waals surface area contributed by atoms with Crippen LogP contribution in [-0.4, -0.2) is 57.8 Å². The van der Waals surface area contributed by atoms with Gasteiger partial charge in [-0.05, 0) is 55.2 Å². The molecule has 5 rings (SSSR count). The van der Waals surface area contributed by atoms with Crippen LogP contribution in [0.4, 0.5) is 5.69 Å². The Kier molecular flexibility index (Phi) is 6.12. The predicted octanol–water partition coefficient (Wildman–Crippen LogP) is 3.69. The molecule has 2 saturated heterocycles. The first kappa shape index (κ1) is 22.0. The third-order valence-electron chi connectivity index (χ3n) is 6.45. The molecule has 2 aromatic carbocycles.